The lowest BCUT2D eigenvalue weighted by atomic mass is 10.1. The molecule has 1 aromatic carbocycles. The van der Waals surface area contributed by atoms with Gasteiger partial charge in [-0.2, -0.15) is 0 Å². The molecule has 3 rings (SSSR count). The van der Waals surface area contributed by atoms with Crippen LogP contribution < -0.4 is 15.8 Å². The van der Waals surface area contributed by atoms with Crippen LogP contribution in [-0.4, -0.2) is 15.9 Å². The molecule has 1 amide bonds. The van der Waals surface area contributed by atoms with Gasteiger partial charge in [0.1, 0.15) is 11.8 Å². The van der Waals surface area contributed by atoms with E-state index in [1.54, 1.807) is 24.4 Å². The maximum atomic E-state index is 12.3. The molecule has 138 valence electrons. The van der Waals surface area contributed by atoms with Crippen LogP contribution in [0.15, 0.2) is 54.9 Å². The topological polar surface area (TPSA) is 90.1 Å². The van der Waals surface area contributed by atoms with Crippen molar-refractivity contribution in [3.63, 3.8) is 0 Å². The third-order valence-corrected chi connectivity index (χ3v) is 4.12. The Hall–Kier alpha value is -3.12. The lowest BCUT2D eigenvalue weighted by molar-refractivity contribution is 0.102. The van der Waals surface area contributed by atoms with Gasteiger partial charge in [-0.15, -0.1) is 0 Å². The molecule has 0 radical (unpaired) electrons. The Morgan fingerprint density at radius 3 is 2.74 bits per heavy atom. The molecule has 2 heterocycles. The molecule has 0 spiro atoms. The third kappa shape index (κ3) is 4.74. The Labute approximate surface area is 162 Å². The Morgan fingerprint density at radius 1 is 1.19 bits per heavy atom. The van der Waals surface area contributed by atoms with E-state index in [4.69, 9.17) is 22.1 Å². The molecule has 0 unspecified atom stereocenters. The van der Waals surface area contributed by atoms with E-state index in [0.717, 1.165) is 11.1 Å². The third-order valence-electron chi connectivity index (χ3n) is 3.91. The molecule has 0 aliphatic heterocycles. The van der Waals surface area contributed by atoms with E-state index in [1.165, 1.54) is 6.20 Å². The van der Waals surface area contributed by atoms with E-state index in [9.17, 15) is 4.79 Å². The number of amides is 1. The predicted molar refractivity (Wildman–Crippen MR) is 106 cm³/mol. The van der Waals surface area contributed by atoms with E-state index in [0.29, 0.717) is 22.2 Å². The number of ether oxygens (including phenoxy) is 1. The van der Waals surface area contributed by atoms with Gasteiger partial charge in [-0.25, -0.2) is 4.98 Å². The lowest BCUT2D eigenvalue weighted by Gasteiger charge is -2.17. The number of hydrogen-bond donors (Lipinski definition) is 2. The summed E-state index contributed by atoms with van der Waals surface area (Å²) in [5.74, 6) is 0.401. The van der Waals surface area contributed by atoms with E-state index in [2.05, 4.69) is 15.3 Å². The van der Waals surface area contributed by atoms with Crippen LogP contribution in [0.1, 0.15) is 34.6 Å². The highest BCUT2D eigenvalue weighted by Gasteiger charge is 2.13. The van der Waals surface area contributed by atoms with Crippen LogP contribution in [0.5, 0.6) is 5.75 Å². The number of aryl methyl sites for hydroxylation is 1. The number of hydrogen-bond acceptors (Lipinski definition) is 5. The second-order valence-corrected chi connectivity index (χ2v) is 6.53. The van der Waals surface area contributed by atoms with E-state index in [1.807, 2.05) is 38.1 Å². The number of carbonyl (C=O) groups is 1. The molecule has 2 aromatic heterocycles. The summed E-state index contributed by atoms with van der Waals surface area (Å²) in [5, 5.41) is 3.28. The lowest BCUT2D eigenvalue weighted by Crippen LogP contribution is -2.14. The predicted octanol–water partition coefficient (Wildman–Crippen LogP) is 4.41. The van der Waals surface area contributed by atoms with Crippen LogP contribution in [0.3, 0.4) is 0 Å². The number of nitrogens with one attached hydrogen (secondary N) is 1. The number of halogens is 1. The molecular weight excluding hydrogens is 364 g/mol. The molecule has 0 aliphatic carbocycles. The number of nitrogens with zero attached hydrogens (tertiary/aromatic N) is 2. The largest absolute Gasteiger partial charge is 0.482 e. The van der Waals surface area contributed by atoms with Crippen molar-refractivity contribution < 1.29 is 9.53 Å². The molecule has 0 saturated heterocycles. The molecule has 0 saturated carbocycles. The van der Waals surface area contributed by atoms with Crippen molar-refractivity contribution in [3.05, 3.63) is 76.7 Å². The number of nitrogen functional groups attached to an aromatic ring is 1. The van der Waals surface area contributed by atoms with Gasteiger partial charge >= 0.3 is 0 Å². The summed E-state index contributed by atoms with van der Waals surface area (Å²) in [6.07, 6.45) is 2.80. The molecule has 0 fully saturated rings. The van der Waals surface area contributed by atoms with E-state index in [-0.39, 0.29) is 17.8 Å². The van der Waals surface area contributed by atoms with Gasteiger partial charge in [0.15, 0.2) is 11.6 Å². The van der Waals surface area contributed by atoms with Gasteiger partial charge in [0.2, 0.25) is 0 Å². The molecule has 7 heteroatoms. The number of rotatable bonds is 5. The smallest absolute Gasteiger partial charge is 0.274 e. The fraction of sp³-hybridized carbons (Fsp3) is 0.150. The first-order valence-electron chi connectivity index (χ1n) is 8.34. The van der Waals surface area contributed by atoms with Crippen LogP contribution >= 0.6 is 11.6 Å². The minimum atomic E-state index is -0.318. The number of aromatic nitrogens is 2. The first-order chi connectivity index (χ1) is 12.9. The van der Waals surface area contributed by atoms with Crippen LogP contribution in [0, 0.1) is 6.92 Å². The van der Waals surface area contributed by atoms with Gasteiger partial charge in [-0.1, -0.05) is 29.8 Å². The Kier molecular flexibility index (Phi) is 5.57. The highest BCUT2D eigenvalue weighted by atomic mass is 35.5. The zero-order valence-electron chi connectivity index (χ0n) is 14.9. The molecule has 3 aromatic rings. The van der Waals surface area contributed by atoms with Gasteiger partial charge < -0.3 is 15.8 Å². The fourth-order valence-electron chi connectivity index (χ4n) is 2.45. The molecule has 0 bridgehead atoms. The Balaban J connectivity index is 1.73. The van der Waals surface area contributed by atoms with Crippen LogP contribution in [0.4, 0.5) is 11.5 Å². The van der Waals surface area contributed by atoms with Crippen molar-refractivity contribution >= 4 is 29.0 Å². The normalized spacial score (nSPS) is 11.7. The van der Waals surface area contributed by atoms with Crippen LogP contribution in [0.2, 0.25) is 5.02 Å². The number of pyridine rings is 2. The van der Waals surface area contributed by atoms with Gasteiger partial charge in [-0.3, -0.25) is 9.78 Å². The summed E-state index contributed by atoms with van der Waals surface area (Å²) >= 11 is 5.95. The zero-order chi connectivity index (χ0) is 19.4. The van der Waals surface area contributed by atoms with E-state index < -0.39 is 0 Å². The van der Waals surface area contributed by atoms with Gasteiger partial charge in [0.05, 0.1) is 5.02 Å². The van der Waals surface area contributed by atoms with Crippen molar-refractivity contribution in [1.29, 1.82) is 0 Å². The fourth-order valence-corrected chi connectivity index (χ4v) is 2.60. The van der Waals surface area contributed by atoms with Crippen molar-refractivity contribution in [1.82, 2.24) is 9.97 Å². The minimum Gasteiger partial charge on any atom is -0.482 e. The Morgan fingerprint density at radius 2 is 2.00 bits per heavy atom. The number of anilines is 2. The van der Waals surface area contributed by atoms with E-state index >= 15 is 0 Å². The summed E-state index contributed by atoms with van der Waals surface area (Å²) in [4.78, 5) is 20.4. The van der Waals surface area contributed by atoms with Crippen LogP contribution in [0.25, 0.3) is 0 Å². The van der Waals surface area contributed by atoms with Gasteiger partial charge in [0, 0.05) is 24.1 Å². The summed E-state index contributed by atoms with van der Waals surface area (Å²) in [5.41, 5.74) is 8.69. The van der Waals surface area contributed by atoms with Crippen LogP contribution in [-0.2, 0) is 0 Å². The van der Waals surface area contributed by atoms with Gasteiger partial charge in [-0.05, 0) is 43.2 Å². The Bertz CT molecular complexity index is 960. The first kappa shape index (κ1) is 18.7. The standard InChI is InChI=1S/C20H19ClN4O2/c1-12-6-7-17(23-10-12)20(26)25-16-5-3-4-14(8-16)13(2)27-18-9-15(21)11-24-19(18)22/h3-11,13H,1-2H3,(H2,22,24)(H,25,26)/t13-/m1/s1. The average molecular weight is 383 g/mol. The van der Waals surface area contributed by atoms with Gasteiger partial charge in [0.25, 0.3) is 5.91 Å². The summed E-state index contributed by atoms with van der Waals surface area (Å²) in [7, 11) is 0. The number of benzene rings is 1. The molecule has 6 nitrogen and oxygen atoms in total. The molecule has 3 N–H and O–H groups in total. The maximum Gasteiger partial charge on any atom is 0.274 e. The number of carbonyl (C=O) groups excluding carboxylic acids is 1. The van der Waals surface area contributed by atoms with Crippen molar-refractivity contribution in [2.75, 3.05) is 11.1 Å². The monoisotopic (exact) mass is 382 g/mol. The second kappa shape index (κ2) is 8.05. The zero-order valence-corrected chi connectivity index (χ0v) is 15.7. The SMILES string of the molecule is Cc1ccc(C(=O)Nc2cccc([C@@H](C)Oc3cc(Cl)cnc3N)c2)nc1. The molecule has 1 atom stereocenters. The quantitative estimate of drug-likeness (QED) is 0.682. The second-order valence-electron chi connectivity index (χ2n) is 6.10. The van der Waals surface area contributed by atoms with Crippen molar-refractivity contribution in [2.45, 2.75) is 20.0 Å². The minimum absolute atomic E-state index is 0.265. The highest BCUT2D eigenvalue weighted by molar-refractivity contribution is 6.30. The van der Waals surface area contributed by atoms with Crippen molar-refractivity contribution in [2.24, 2.45) is 0 Å². The first-order valence-corrected chi connectivity index (χ1v) is 8.72. The molecule has 27 heavy (non-hydrogen) atoms. The summed E-state index contributed by atoms with van der Waals surface area (Å²) < 4.78 is 5.87. The highest BCUT2D eigenvalue weighted by Crippen LogP contribution is 2.29. The van der Waals surface area contributed by atoms with Crippen molar-refractivity contribution in [3.8, 4) is 5.75 Å². The molecule has 0 aliphatic rings. The number of nitrogens with two attached hydrogens (primary N) is 1. The summed E-state index contributed by atoms with van der Waals surface area (Å²) in [6.45, 7) is 3.80. The molecular formula is C20H19ClN4O2. The average Bonchev–Trinajstić information content (AvgIpc) is 2.65. The maximum absolute atomic E-state index is 12.3. The summed E-state index contributed by atoms with van der Waals surface area (Å²) in [6, 6.07) is 12.5.